The number of carboxylic acid groups (broad SMARTS) is 1. The fourth-order valence-electron chi connectivity index (χ4n) is 1.79. The first-order chi connectivity index (χ1) is 10.2. The number of carboxylic acids is 1. The van der Waals surface area contributed by atoms with E-state index in [0.717, 1.165) is 25.0 Å². The number of hydrogen-bond donors (Lipinski definition) is 4. The van der Waals surface area contributed by atoms with Crippen molar-refractivity contribution in [1.29, 1.82) is 0 Å². The first-order valence-corrected chi connectivity index (χ1v) is 9.85. The van der Waals surface area contributed by atoms with Gasteiger partial charge in [0.15, 0.2) is 6.04 Å². The van der Waals surface area contributed by atoms with Gasteiger partial charge in [-0.3, -0.25) is 9.32 Å². The van der Waals surface area contributed by atoms with Gasteiger partial charge in [0.25, 0.3) is 0 Å². The van der Waals surface area contributed by atoms with Crippen LogP contribution in [-0.2, 0) is 18.7 Å². The molecule has 2 atom stereocenters. The molecule has 1 amide bonds. The fraction of sp³-hybridized carbons (Fsp3) is 0.833. The SMILES string of the molecule is CSCCCCCCC(=O)N[C@H](C(=O)O)[C@@H](C)OP(=O)(O)O. The van der Waals surface area contributed by atoms with Gasteiger partial charge in [-0.1, -0.05) is 12.8 Å². The molecule has 4 N–H and O–H groups in total. The first-order valence-electron chi connectivity index (χ1n) is 6.92. The normalized spacial score (nSPS) is 14.4. The number of carbonyl (C=O) groups excluding carboxylic acids is 1. The number of hydrogen-bond acceptors (Lipinski definition) is 5. The van der Waals surface area contributed by atoms with Gasteiger partial charge in [0.2, 0.25) is 5.91 Å². The smallest absolute Gasteiger partial charge is 0.469 e. The van der Waals surface area contributed by atoms with Crippen LogP contribution in [0.3, 0.4) is 0 Å². The standard InChI is InChI=1S/C12H24NO7PS/c1-9(20-21(17,18)19)11(12(15)16)13-10(14)7-5-3-4-6-8-22-2/h9,11H,3-8H2,1-2H3,(H,13,14)(H,15,16)(H2,17,18,19)/t9-,11+/m1/s1. The van der Waals surface area contributed by atoms with E-state index in [4.69, 9.17) is 14.9 Å². The van der Waals surface area contributed by atoms with Crippen molar-refractivity contribution in [1.82, 2.24) is 5.32 Å². The maximum Gasteiger partial charge on any atom is 0.469 e. The van der Waals surface area contributed by atoms with Crippen molar-refractivity contribution >= 4 is 31.5 Å². The summed E-state index contributed by atoms with van der Waals surface area (Å²) in [6, 6.07) is -1.50. The molecule has 0 fully saturated rings. The predicted molar refractivity (Wildman–Crippen MR) is 83.6 cm³/mol. The zero-order chi connectivity index (χ0) is 17.2. The number of nitrogens with one attached hydrogen (secondary N) is 1. The van der Waals surface area contributed by atoms with Crippen LogP contribution in [0.2, 0.25) is 0 Å². The zero-order valence-electron chi connectivity index (χ0n) is 12.7. The van der Waals surface area contributed by atoms with E-state index < -0.39 is 31.8 Å². The molecule has 0 unspecified atom stereocenters. The van der Waals surface area contributed by atoms with E-state index in [9.17, 15) is 14.2 Å². The zero-order valence-corrected chi connectivity index (χ0v) is 14.4. The maximum absolute atomic E-state index is 11.7. The fourth-order valence-corrected chi connectivity index (χ4v) is 2.84. The summed E-state index contributed by atoms with van der Waals surface area (Å²) in [4.78, 5) is 40.1. The van der Waals surface area contributed by atoms with Crippen LogP contribution in [0.1, 0.15) is 39.0 Å². The molecule has 22 heavy (non-hydrogen) atoms. The Morgan fingerprint density at radius 2 is 1.82 bits per heavy atom. The number of thioether (sulfide) groups is 1. The summed E-state index contributed by atoms with van der Waals surface area (Å²) >= 11 is 1.76. The number of rotatable bonds is 12. The lowest BCUT2D eigenvalue weighted by Crippen LogP contribution is -2.48. The van der Waals surface area contributed by atoms with E-state index in [1.165, 1.54) is 6.92 Å². The van der Waals surface area contributed by atoms with Crippen molar-refractivity contribution in [2.24, 2.45) is 0 Å². The summed E-state index contributed by atoms with van der Waals surface area (Å²) < 4.78 is 15.0. The Morgan fingerprint density at radius 1 is 1.23 bits per heavy atom. The third-order valence-corrected chi connectivity index (χ3v) is 4.16. The van der Waals surface area contributed by atoms with Gasteiger partial charge in [-0.05, 0) is 31.8 Å². The Kier molecular flexibility index (Phi) is 10.7. The number of phosphoric ester groups is 1. The van der Waals surface area contributed by atoms with Crippen molar-refractivity contribution in [3.05, 3.63) is 0 Å². The molecule has 0 rings (SSSR count). The molecule has 8 nitrogen and oxygen atoms in total. The highest BCUT2D eigenvalue weighted by Gasteiger charge is 2.32. The molecular weight excluding hydrogens is 333 g/mol. The Hall–Kier alpha value is -0.600. The van der Waals surface area contributed by atoms with E-state index in [1.807, 2.05) is 6.26 Å². The maximum atomic E-state index is 11.7. The van der Waals surface area contributed by atoms with Crippen LogP contribution in [-0.4, -0.2) is 50.9 Å². The highest BCUT2D eigenvalue weighted by atomic mass is 32.2. The van der Waals surface area contributed by atoms with Crippen molar-refractivity contribution in [2.75, 3.05) is 12.0 Å². The second-order valence-corrected chi connectivity index (χ2v) is 7.02. The molecular formula is C12H24NO7PS. The average molecular weight is 357 g/mol. The molecule has 0 bridgehead atoms. The van der Waals surface area contributed by atoms with Crippen molar-refractivity contribution in [3.8, 4) is 0 Å². The lowest BCUT2D eigenvalue weighted by atomic mass is 10.1. The number of carbonyl (C=O) groups is 2. The van der Waals surface area contributed by atoms with E-state index >= 15 is 0 Å². The Balaban J connectivity index is 4.19. The summed E-state index contributed by atoms with van der Waals surface area (Å²) in [6.45, 7) is 1.18. The molecule has 0 aliphatic carbocycles. The summed E-state index contributed by atoms with van der Waals surface area (Å²) in [7, 11) is -4.81. The molecule has 0 aromatic rings. The molecule has 0 aromatic heterocycles. The van der Waals surface area contributed by atoms with E-state index in [0.29, 0.717) is 6.42 Å². The second-order valence-electron chi connectivity index (χ2n) is 4.84. The van der Waals surface area contributed by atoms with Crippen LogP contribution in [0, 0.1) is 0 Å². The topological polar surface area (TPSA) is 133 Å². The minimum atomic E-state index is -4.81. The van der Waals surface area contributed by atoms with Crippen LogP contribution < -0.4 is 5.32 Å². The van der Waals surface area contributed by atoms with Gasteiger partial charge >= 0.3 is 13.8 Å². The molecule has 0 aliphatic heterocycles. The quantitative estimate of drug-likeness (QED) is 0.304. The molecule has 0 saturated carbocycles. The molecule has 0 aliphatic rings. The number of phosphoric acid groups is 1. The largest absolute Gasteiger partial charge is 0.480 e. The van der Waals surface area contributed by atoms with Gasteiger partial charge in [-0.15, -0.1) is 0 Å². The van der Waals surface area contributed by atoms with Crippen LogP contribution >= 0.6 is 19.6 Å². The van der Waals surface area contributed by atoms with E-state index in [2.05, 4.69) is 9.84 Å². The number of unbranched alkanes of at least 4 members (excludes halogenated alkanes) is 3. The number of aliphatic carboxylic acids is 1. The van der Waals surface area contributed by atoms with Gasteiger partial charge in [0, 0.05) is 6.42 Å². The van der Waals surface area contributed by atoms with Gasteiger partial charge in [0.05, 0.1) is 6.10 Å². The van der Waals surface area contributed by atoms with Gasteiger partial charge < -0.3 is 20.2 Å². The predicted octanol–water partition coefficient (Wildman–Crippen LogP) is 1.37. The Bertz CT molecular complexity index is 401. The van der Waals surface area contributed by atoms with Crippen LogP contribution in [0.4, 0.5) is 0 Å². The summed E-state index contributed by atoms with van der Waals surface area (Å²) in [6.07, 6.45) is 4.46. The van der Waals surface area contributed by atoms with Gasteiger partial charge in [-0.2, -0.15) is 11.8 Å². The third kappa shape index (κ3) is 11.0. The second kappa shape index (κ2) is 11.0. The summed E-state index contributed by atoms with van der Waals surface area (Å²) in [5, 5.41) is 11.2. The molecule has 0 heterocycles. The van der Waals surface area contributed by atoms with E-state index in [1.54, 1.807) is 11.8 Å². The lowest BCUT2D eigenvalue weighted by molar-refractivity contribution is -0.144. The number of amides is 1. The average Bonchev–Trinajstić information content (AvgIpc) is 2.37. The summed E-state index contributed by atoms with van der Waals surface area (Å²) in [5.41, 5.74) is 0. The molecule has 0 spiro atoms. The molecule has 0 radical (unpaired) electrons. The minimum absolute atomic E-state index is 0.172. The first kappa shape index (κ1) is 21.4. The molecule has 0 saturated heterocycles. The van der Waals surface area contributed by atoms with Gasteiger partial charge in [0.1, 0.15) is 0 Å². The van der Waals surface area contributed by atoms with Crippen molar-refractivity contribution in [3.63, 3.8) is 0 Å². The highest BCUT2D eigenvalue weighted by molar-refractivity contribution is 7.98. The minimum Gasteiger partial charge on any atom is -0.480 e. The molecule has 0 aromatic carbocycles. The van der Waals surface area contributed by atoms with Crippen molar-refractivity contribution < 1.29 is 33.6 Å². The molecule has 10 heteroatoms. The Labute approximate surface area is 134 Å². The van der Waals surface area contributed by atoms with Crippen LogP contribution in [0.25, 0.3) is 0 Å². The van der Waals surface area contributed by atoms with Crippen LogP contribution in [0.15, 0.2) is 0 Å². The van der Waals surface area contributed by atoms with E-state index in [-0.39, 0.29) is 6.42 Å². The monoisotopic (exact) mass is 357 g/mol. The molecule has 130 valence electrons. The summed E-state index contributed by atoms with van der Waals surface area (Å²) in [5.74, 6) is -0.808. The van der Waals surface area contributed by atoms with Gasteiger partial charge in [-0.25, -0.2) is 9.36 Å². The Morgan fingerprint density at radius 3 is 2.32 bits per heavy atom. The van der Waals surface area contributed by atoms with Crippen LogP contribution in [0.5, 0.6) is 0 Å². The van der Waals surface area contributed by atoms with Crippen molar-refractivity contribution in [2.45, 2.75) is 51.2 Å². The highest BCUT2D eigenvalue weighted by Crippen LogP contribution is 2.38. The third-order valence-electron chi connectivity index (χ3n) is 2.86. The lowest BCUT2D eigenvalue weighted by Gasteiger charge is -2.21.